The molecular formula is C24H27N3O3. The maximum Gasteiger partial charge on any atom is 0.255 e. The molecule has 3 aliphatic carbocycles. The van der Waals surface area contributed by atoms with Crippen LogP contribution >= 0.6 is 0 Å². The van der Waals surface area contributed by atoms with Gasteiger partial charge in [-0.25, -0.2) is 0 Å². The molecule has 6 nitrogen and oxygen atoms in total. The van der Waals surface area contributed by atoms with Crippen molar-refractivity contribution in [1.82, 2.24) is 10.6 Å². The first-order chi connectivity index (χ1) is 14.6. The highest BCUT2D eigenvalue weighted by molar-refractivity contribution is 6.02. The van der Waals surface area contributed by atoms with Gasteiger partial charge < -0.3 is 20.7 Å². The molecule has 6 rings (SSSR count). The smallest absolute Gasteiger partial charge is 0.255 e. The van der Waals surface area contributed by atoms with E-state index in [0.717, 1.165) is 42.7 Å². The van der Waals surface area contributed by atoms with Gasteiger partial charge in [0.15, 0.2) is 0 Å². The van der Waals surface area contributed by atoms with E-state index in [2.05, 4.69) is 16.0 Å². The highest BCUT2D eigenvalue weighted by atomic mass is 16.5. The summed E-state index contributed by atoms with van der Waals surface area (Å²) >= 11 is 0. The Kier molecular flexibility index (Phi) is 4.65. The maximum absolute atomic E-state index is 13.0. The van der Waals surface area contributed by atoms with Gasteiger partial charge in [-0.3, -0.25) is 9.59 Å². The van der Waals surface area contributed by atoms with Crippen LogP contribution in [0.1, 0.15) is 41.6 Å². The second-order valence-electron chi connectivity index (χ2n) is 8.75. The topological polar surface area (TPSA) is 79.5 Å². The first-order valence-electron chi connectivity index (χ1n) is 10.7. The van der Waals surface area contributed by atoms with Gasteiger partial charge in [-0.15, -0.1) is 0 Å². The Balaban J connectivity index is 1.28. The number of hydrogen-bond donors (Lipinski definition) is 3. The molecular weight excluding hydrogens is 378 g/mol. The van der Waals surface area contributed by atoms with E-state index in [0.29, 0.717) is 12.1 Å². The van der Waals surface area contributed by atoms with Crippen LogP contribution in [0.5, 0.6) is 5.75 Å². The van der Waals surface area contributed by atoms with Gasteiger partial charge in [0.2, 0.25) is 5.91 Å². The van der Waals surface area contributed by atoms with Crippen LogP contribution in [-0.2, 0) is 11.3 Å². The normalized spacial score (nSPS) is 29.0. The lowest BCUT2D eigenvalue weighted by Gasteiger charge is -2.56. The minimum Gasteiger partial charge on any atom is -0.497 e. The second-order valence-corrected chi connectivity index (χ2v) is 8.75. The van der Waals surface area contributed by atoms with Crippen molar-refractivity contribution in [2.45, 2.75) is 37.9 Å². The van der Waals surface area contributed by atoms with Crippen LogP contribution in [0.4, 0.5) is 5.69 Å². The van der Waals surface area contributed by atoms with E-state index in [1.54, 1.807) is 7.11 Å². The zero-order valence-corrected chi connectivity index (χ0v) is 17.1. The summed E-state index contributed by atoms with van der Waals surface area (Å²) in [6, 6.07) is 15.4. The largest absolute Gasteiger partial charge is 0.497 e. The second kappa shape index (κ2) is 7.35. The molecule has 30 heavy (non-hydrogen) atoms. The minimum absolute atomic E-state index is 0.00384. The number of carbonyl (C=O) groups is 2. The molecule has 6 heteroatoms. The summed E-state index contributed by atoms with van der Waals surface area (Å²) in [7, 11) is 1.64. The molecule has 2 bridgehead atoms. The van der Waals surface area contributed by atoms with Gasteiger partial charge >= 0.3 is 0 Å². The molecule has 0 saturated heterocycles. The molecule has 0 unspecified atom stereocenters. The van der Waals surface area contributed by atoms with Crippen molar-refractivity contribution in [3.05, 3.63) is 59.7 Å². The van der Waals surface area contributed by atoms with Gasteiger partial charge in [0.1, 0.15) is 11.4 Å². The van der Waals surface area contributed by atoms with E-state index in [9.17, 15) is 9.59 Å². The number of hydrogen-bond acceptors (Lipinski definition) is 4. The van der Waals surface area contributed by atoms with Crippen LogP contribution in [0.3, 0.4) is 0 Å². The van der Waals surface area contributed by atoms with Gasteiger partial charge in [0.25, 0.3) is 5.91 Å². The molecule has 1 aliphatic heterocycles. The summed E-state index contributed by atoms with van der Waals surface area (Å²) < 4.78 is 5.26. The van der Waals surface area contributed by atoms with E-state index < -0.39 is 5.66 Å². The quantitative estimate of drug-likeness (QED) is 0.729. The molecule has 0 aromatic heterocycles. The van der Waals surface area contributed by atoms with Gasteiger partial charge in [0.05, 0.1) is 12.7 Å². The van der Waals surface area contributed by atoms with Crippen molar-refractivity contribution in [3.63, 3.8) is 0 Å². The molecule has 2 aromatic carbocycles. The third-order valence-electron chi connectivity index (χ3n) is 7.08. The summed E-state index contributed by atoms with van der Waals surface area (Å²) in [6.07, 6.45) is 3.64. The Morgan fingerprint density at radius 1 is 1.17 bits per heavy atom. The van der Waals surface area contributed by atoms with Gasteiger partial charge in [0, 0.05) is 24.1 Å². The monoisotopic (exact) mass is 405 g/mol. The fraction of sp³-hybridized carbons (Fsp3) is 0.417. The molecule has 2 aromatic rings. The third-order valence-corrected chi connectivity index (χ3v) is 7.08. The summed E-state index contributed by atoms with van der Waals surface area (Å²) in [5.41, 5.74) is 2.18. The molecule has 0 radical (unpaired) electrons. The number of para-hydroxylation sites is 1. The Morgan fingerprint density at radius 2 is 2.03 bits per heavy atom. The van der Waals surface area contributed by atoms with Crippen LogP contribution in [0.25, 0.3) is 0 Å². The molecule has 3 N–H and O–H groups in total. The first-order valence-corrected chi connectivity index (χ1v) is 10.7. The minimum atomic E-state index is -0.433. The lowest BCUT2D eigenvalue weighted by Crippen LogP contribution is -2.68. The fourth-order valence-corrected chi connectivity index (χ4v) is 5.57. The van der Waals surface area contributed by atoms with Crippen LogP contribution < -0.4 is 20.7 Å². The number of fused-ring (bicyclic) bond motifs is 3. The van der Waals surface area contributed by atoms with Gasteiger partial charge in [-0.05, 0) is 61.4 Å². The number of amides is 2. The number of methoxy groups -OCH3 is 1. The zero-order valence-electron chi connectivity index (χ0n) is 17.1. The van der Waals surface area contributed by atoms with Crippen LogP contribution in [0.2, 0.25) is 0 Å². The maximum atomic E-state index is 13.0. The molecule has 156 valence electrons. The Labute approximate surface area is 176 Å². The number of rotatable bonds is 4. The Hall–Kier alpha value is -3.02. The van der Waals surface area contributed by atoms with Crippen molar-refractivity contribution in [2.24, 2.45) is 17.8 Å². The number of nitrogens with one attached hydrogen (secondary N) is 3. The van der Waals surface area contributed by atoms with Gasteiger partial charge in [-0.1, -0.05) is 24.3 Å². The molecule has 4 atom stereocenters. The van der Waals surface area contributed by atoms with E-state index >= 15 is 0 Å². The number of ether oxygens (including phenoxy) is 1. The zero-order chi connectivity index (χ0) is 20.7. The van der Waals surface area contributed by atoms with Crippen molar-refractivity contribution in [1.29, 1.82) is 0 Å². The van der Waals surface area contributed by atoms with Crippen molar-refractivity contribution < 1.29 is 14.3 Å². The average molecular weight is 405 g/mol. The number of carbonyl (C=O) groups excluding carboxylic acids is 2. The van der Waals surface area contributed by atoms with Crippen LogP contribution in [-0.4, -0.2) is 24.6 Å². The Morgan fingerprint density at radius 3 is 2.83 bits per heavy atom. The predicted octanol–water partition coefficient (Wildman–Crippen LogP) is 3.30. The van der Waals surface area contributed by atoms with Crippen molar-refractivity contribution in [2.75, 3.05) is 12.4 Å². The highest BCUT2D eigenvalue weighted by Gasteiger charge is 2.55. The molecule has 1 spiro atoms. The summed E-state index contributed by atoms with van der Waals surface area (Å²) in [4.78, 5) is 25.7. The lowest BCUT2D eigenvalue weighted by atomic mass is 9.58. The highest BCUT2D eigenvalue weighted by Crippen LogP contribution is 2.51. The van der Waals surface area contributed by atoms with Gasteiger partial charge in [-0.2, -0.15) is 0 Å². The van der Waals surface area contributed by atoms with E-state index in [1.165, 1.54) is 0 Å². The predicted molar refractivity (Wildman–Crippen MR) is 114 cm³/mol. The standard InChI is InChI=1S/C24H27N3O3/c1-30-18-6-4-5-15(11-18)14-25-22(28)20-12-17-10-9-16(20)13-24(17)26-21-8-3-2-7-19(21)23(29)27-24/h2-8,11,16-17,20,26H,9-10,12-14H2,1H3,(H,25,28)(H,27,29)/t16-,17-,20-,24-/m1/s1. The first kappa shape index (κ1) is 19.0. The molecule has 1 heterocycles. The molecule has 3 fully saturated rings. The van der Waals surface area contributed by atoms with Crippen molar-refractivity contribution >= 4 is 17.5 Å². The Bertz CT molecular complexity index is 991. The fourth-order valence-electron chi connectivity index (χ4n) is 5.57. The third kappa shape index (κ3) is 3.20. The molecule has 4 aliphatic rings. The number of anilines is 1. The lowest BCUT2D eigenvalue weighted by molar-refractivity contribution is -0.132. The van der Waals surface area contributed by atoms with E-state index in [-0.39, 0.29) is 29.6 Å². The molecule has 2 amide bonds. The average Bonchev–Trinajstić information content (AvgIpc) is 2.78. The van der Waals surface area contributed by atoms with E-state index in [4.69, 9.17) is 4.74 Å². The summed E-state index contributed by atoms with van der Waals surface area (Å²) in [6.45, 7) is 0.497. The van der Waals surface area contributed by atoms with Crippen LogP contribution in [0.15, 0.2) is 48.5 Å². The summed E-state index contributed by atoms with van der Waals surface area (Å²) in [5.74, 6) is 1.39. The number of benzene rings is 2. The summed E-state index contributed by atoms with van der Waals surface area (Å²) in [5, 5.41) is 10.00. The molecule has 3 saturated carbocycles. The van der Waals surface area contributed by atoms with E-state index in [1.807, 2.05) is 48.5 Å². The van der Waals surface area contributed by atoms with Crippen molar-refractivity contribution in [3.8, 4) is 5.75 Å². The SMILES string of the molecule is COc1cccc(CNC(=O)[C@@H]2C[C@H]3CC[C@@H]2C[C@@]32NC(=O)c3ccccc3N2)c1. The van der Waals surface area contributed by atoms with Crippen LogP contribution in [0, 0.1) is 17.8 Å².